The topological polar surface area (TPSA) is 91.9 Å². The quantitative estimate of drug-likeness (QED) is 0.392. The van der Waals surface area contributed by atoms with Crippen molar-refractivity contribution in [2.24, 2.45) is 0 Å². The highest BCUT2D eigenvalue weighted by atomic mass is 19.4. The molecule has 0 aromatic rings. The van der Waals surface area contributed by atoms with Crippen LogP contribution in [-0.4, -0.2) is 35.8 Å². The smallest absolute Gasteiger partial charge is 0.389 e. The zero-order chi connectivity index (χ0) is 12.1. The Labute approximate surface area is 88.9 Å². The molecule has 0 bridgehead atoms. The van der Waals surface area contributed by atoms with Crippen LogP contribution in [0.4, 0.5) is 13.2 Å². The third-order valence-corrected chi connectivity index (χ3v) is 1.35. The highest BCUT2D eigenvalue weighted by Crippen LogP contribution is 2.21. The van der Waals surface area contributed by atoms with Crippen LogP contribution < -0.4 is 0 Å². The van der Waals surface area contributed by atoms with Gasteiger partial charge >= 0.3 is 17.9 Å². The van der Waals surface area contributed by atoms with E-state index in [-0.39, 0.29) is 12.1 Å². The fourth-order valence-corrected chi connectivity index (χ4v) is 0.679. The molecule has 0 amide bonds. The predicted molar refractivity (Wildman–Crippen MR) is 45.5 cm³/mol. The summed E-state index contributed by atoms with van der Waals surface area (Å²) in [5.41, 5.74) is 0. The first-order valence-electron chi connectivity index (χ1n) is 4.09. The van der Waals surface area contributed by atoms with Crippen molar-refractivity contribution in [3.05, 3.63) is 0 Å². The molecule has 8 heteroatoms. The Balaban J connectivity index is 0. The van der Waals surface area contributed by atoms with Crippen molar-refractivity contribution in [1.82, 2.24) is 0 Å². The zero-order valence-electron chi connectivity index (χ0n) is 8.39. The molecule has 16 heavy (non-hydrogen) atoms. The van der Waals surface area contributed by atoms with Crippen molar-refractivity contribution < 1.29 is 37.8 Å². The number of hydrogen-bond acceptors (Lipinski definition) is 4. The van der Waals surface area contributed by atoms with Crippen LogP contribution in [-0.2, 0) is 19.1 Å². The number of alkyl halides is 3. The molecule has 0 aliphatic rings. The monoisotopic (exact) mass is 244 g/mol. The summed E-state index contributed by atoms with van der Waals surface area (Å²) in [6.07, 6.45) is -6.97. The normalized spacial score (nSPS) is 10.2. The fourth-order valence-electron chi connectivity index (χ4n) is 0.679. The minimum absolute atomic E-state index is 0. The van der Waals surface area contributed by atoms with E-state index in [4.69, 9.17) is 0 Å². The highest BCUT2D eigenvalue weighted by Gasteiger charge is 2.31. The van der Waals surface area contributed by atoms with Gasteiger partial charge in [-0.05, 0) is 6.92 Å². The number of rotatable bonds is 5. The Morgan fingerprint density at radius 1 is 1.19 bits per heavy atom. The number of Topliss-reactive ketones (excluding diaryl/α,β-unsaturated/α-hetero) is 2. The molecule has 0 radical (unpaired) electrons. The lowest BCUT2D eigenvalue weighted by Gasteiger charge is -2.04. The highest BCUT2D eigenvalue weighted by molar-refractivity contribution is 6.62. The minimum atomic E-state index is -4.52. The second-order valence-corrected chi connectivity index (χ2v) is 2.59. The maximum atomic E-state index is 11.6. The third-order valence-electron chi connectivity index (χ3n) is 1.35. The molecule has 0 heterocycles. The molecule has 0 aliphatic carbocycles. The fraction of sp³-hybridized carbons (Fsp3) is 0.625. The van der Waals surface area contributed by atoms with E-state index >= 15 is 0 Å². The molecular weight excluding hydrogens is 233 g/mol. The van der Waals surface area contributed by atoms with Gasteiger partial charge in [-0.25, -0.2) is 4.79 Å². The lowest BCUT2D eigenvalue weighted by atomic mass is 10.1. The van der Waals surface area contributed by atoms with E-state index in [2.05, 4.69) is 4.74 Å². The summed E-state index contributed by atoms with van der Waals surface area (Å²) in [5, 5.41) is 0. The van der Waals surface area contributed by atoms with Gasteiger partial charge in [0, 0.05) is 6.42 Å². The summed E-state index contributed by atoms with van der Waals surface area (Å²) >= 11 is 0. The van der Waals surface area contributed by atoms with Gasteiger partial charge in [-0.3, -0.25) is 9.59 Å². The maximum absolute atomic E-state index is 11.6. The number of halogens is 3. The van der Waals surface area contributed by atoms with Crippen molar-refractivity contribution in [2.45, 2.75) is 25.9 Å². The van der Waals surface area contributed by atoms with E-state index in [0.29, 0.717) is 0 Å². The maximum Gasteiger partial charge on any atom is 0.389 e. The summed E-state index contributed by atoms with van der Waals surface area (Å²) < 4.78 is 39.1. The van der Waals surface area contributed by atoms with E-state index < -0.39 is 36.6 Å². The predicted octanol–water partition coefficient (Wildman–Crippen LogP) is 0.205. The van der Waals surface area contributed by atoms with Gasteiger partial charge in [-0.1, -0.05) is 0 Å². The average Bonchev–Trinajstić information content (AvgIpc) is 2.12. The van der Waals surface area contributed by atoms with Crippen molar-refractivity contribution >= 4 is 17.5 Å². The van der Waals surface area contributed by atoms with Crippen LogP contribution in [0.25, 0.3) is 0 Å². The summed E-state index contributed by atoms with van der Waals surface area (Å²) in [6.45, 7) is 1.29. The SMILES string of the molecule is CCOC(=O)C(=O)C(=O)CCC(F)(F)F.O. The van der Waals surface area contributed by atoms with Crippen molar-refractivity contribution in [3.8, 4) is 0 Å². The van der Waals surface area contributed by atoms with Gasteiger partial charge in [0.2, 0.25) is 5.78 Å². The van der Waals surface area contributed by atoms with E-state index in [1.807, 2.05) is 0 Å². The molecule has 0 saturated carbocycles. The Morgan fingerprint density at radius 3 is 2.06 bits per heavy atom. The lowest BCUT2D eigenvalue weighted by molar-refractivity contribution is -0.159. The molecule has 94 valence electrons. The third kappa shape index (κ3) is 6.93. The van der Waals surface area contributed by atoms with E-state index in [1.165, 1.54) is 6.92 Å². The van der Waals surface area contributed by atoms with Crippen LogP contribution in [0.5, 0.6) is 0 Å². The Bertz CT molecular complexity index is 271. The summed E-state index contributed by atoms with van der Waals surface area (Å²) in [4.78, 5) is 32.1. The van der Waals surface area contributed by atoms with Gasteiger partial charge in [-0.2, -0.15) is 13.2 Å². The van der Waals surface area contributed by atoms with Crippen LogP contribution in [0.1, 0.15) is 19.8 Å². The molecule has 0 atom stereocenters. The summed E-state index contributed by atoms with van der Waals surface area (Å²) in [7, 11) is 0. The largest absolute Gasteiger partial charge is 0.460 e. The van der Waals surface area contributed by atoms with Gasteiger partial charge in [-0.15, -0.1) is 0 Å². The zero-order valence-corrected chi connectivity index (χ0v) is 8.39. The molecule has 0 unspecified atom stereocenters. The number of carbonyl (C=O) groups is 3. The van der Waals surface area contributed by atoms with Crippen molar-refractivity contribution in [2.75, 3.05) is 6.61 Å². The van der Waals surface area contributed by atoms with E-state index in [1.54, 1.807) is 0 Å². The van der Waals surface area contributed by atoms with Crippen LogP contribution in [0.3, 0.4) is 0 Å². The van der Waals surface area contributed by atoms with Gasteiger partial charge in [0.05, 0.1) is 13.0 Å². The molecule has 0 fully saturated rings. The Morgan fingerprint density at radius 2 is 1.69 bits per heavy atom. The minimum Gasteiger partial charge on any atom is -0.460 e. The lowest BCUT2D eigenvalue weighted by Crippen LogP contribution is -2.27. The molecular formula is C8H11F3O5. The summed E-state index contributed by atoms with van der Waals surface area (Å²) in [5.74, 6) is -4.34. The molecule has 2 N–H and O–H groups in total. The Kier molecular flexibility index (Phi) is 7.36. The Hall–Kier alpha value is -1.44. The molecule has 0 aromatic heterocycles. The molecule has 0 rings (SSSR count). The first-order valence-corrected chi connectivity index (χ1v) is 4.09. The van der Waals surface area contributed by atoms with Gasteiger partial charge in [0.1, 0.15) is 0 Å². The average molecular weight is 244 g/mol. The number of carbonyl (C=O) groups excluding carboxylic acids is 3. The van der Waals surface area contributed by atoms with Crippen LogP contribution in [0.2, 0.25) is 0 Å². The molecule has 0 aliphatic heterocycles. The van der Waals surface area contributed by atoms with Crippen LogP contribution in [0.15, 0.2) is 0 Å². The van der Waals surface area contributed by atoms with Crippen LogP contribution >= 0.6 is 0 Å². The van der Waals surface area contributed by atoms with E-state index in [0.717, 1.165) is 0 Å². The second kappa shape index (κ2) is 6.94. The number of ether oxygens (including phenoxy) is 1. The van der Waals surface area contributed by atoms with E-state index in [9.17, 15) is 27.6 Å². The number of ketones is 2. The van der Waals surface area contributed by atoms with Crippen LogP contribution in [0, 0.1) is 0 Å². The van der Waals surface area contributed by atoms with Gasteiger partial charge in [0.25, 0.3) is 0 Å². The van der Waals surface area contributed by atoms with Gasteiger partial charge < -0.3 is 10.2 Å². The first kappa shape index (κ1) is 17.0. The molecule has 0 spiro atoms. The van der Waals surface area contributed by atoms with Gasteiger partial charge in [0.15, 0.2) is 0 Å². The standard InChI is InChI=1S/C8H9F3O4.H2O/c1-2-15-7(14)6(13)5(12)3-4-8(9,10)11;/h2-4H2,1H3;1H2. The number of hydrogen-bond donors (Lipinski definition) is 0. The summed E-state index contributed by atoms with van der Waals surface area (Å²) in [6, 6.07) is 0. The molecule has 0 saturated heterocycles. The van der Waals surface area contributed by atoms with Crippen molar-refractivity contribution in [3.63, 3.8) is 0 Å². The molecule has 0 aromatic carbocycles. The second-order valence-electron chi connectivity index (χ2n) is 2.59. The first-order chi connectivity index (χ1) is 6.78. The van der Waals surface area contributed by atoms with Crippen molar-refractivity contribution in [1.29, 1.82) is 0 Å². The number of esters is 1. The molecule has 5 nitrogen and oxygen atoms in total.